The average Bonchev–Trinajstić information content (AvgIpc) is 2.50. The molecule has 1 aromatic rings. The van der Waals surface area contributed by atoms with Crippen LogP contribution in [0.4, 0.5) is 5.69 Å². The number of nitrogens with zero attached hydrogens (tertiary/aromatic N) is 1. The molecule has 0 aromatic heterocycles. The van der Waals surface area contributed by atoms with Gasteiger partial charge in [-0.1, -0.05) is 12.1 Å². The maximum atomic E-state index is 8.98. The fourth-order valence-corrected chi connectivity index (χ4v) is 2.10. The van der Waals surface area contributed by atoms with Gasteiger partial charge in [-0.05, 0) is 17.7 Å². The van der Waals surface area contributed by atoms with E-state index in [-0.39, 0.29) is 19.3 Å². The molecule has 0 saturated carbocycles. The Balaban J connectivity index is 1.87. The van der Waals surface area contributed by atoms with Crippen molar-refractivity contribution in [3.63, 3.8) is 0 Å². The van der Waals surface area contributed by atoms with Crippen molar-refractivity contribution >= 4 is 5.69 Å². The van der Waals surface area contributed by atoms with Crippen LogP contribution in [0.15, 0.2) is 24.3 Å². The number of benzene rings is 1. The number of ether oxygens (including phenoxy) is 1. The highest BCUT2D eigenvalue weighted by Crippen LogP contribution is 2.16. The van der Waals surface area contributed by atoms with Crippen LogP contribution in [0.3, 0.4) is 0 Å². The Kier molecular flexibility index (Phi) is 5.60. The van der Waals surface area contributed by atoms with Gasteiger partial charge in [0.15, 0.2) is 0 Å². The lowest BCUT2D eigenvalue weighted by Crippen LogP contribution is -2.36. The maximum absolute atomic E-state index is 8.98. The molecule has 0 atom stereocenters. The van der Waals surface area contributed by atoms with Gasteiger partial charge in [0, 0.05) is 25.3 Å². The summed E-state index contributed by atoms with van der Waals surface area (Å²) in [4.78, 5) is 2.31. The lowest BCUT2D eigenvalue weighted by molar-refractivity contribution is 0.122. The topological polar surface area (TPSA) is 65.0 Å². The van der Waals surface area contributed by atoms with E-state index in [2.05, 4.69) is 34.5 Å². The highest BCUT2D eigenvalue weighted by molar-refractivity contribution is 5.47. The molecule has 0 amide bonds. The molecule has 1 saturated heterocycles. The van der Waals surface area contributed by atoms with Crippen molar-refractivity contribution in [1.82, 2.24) is 5.32 Å². The minimum atomic E-state index is -0.251. The Hall–Kier alpha value is -1.14. The Labute approximate surface area is 113 Å². The Morgan fingerprint density at radius 1 is 1.11 bits per heavy atom. The van der Waals surface area contributed by atoms with Crippen LogP contribution in [0.5, 0.6) is 0 Å². The van der Waals surface area contributed by atoms with Crippen LogP contribution in [0.1, 0.15) is 5.56 Å². The van der Waals surface area contributed by atoms with Gasteiger partial charge in [0.25, 0.3) is 0 Å². The van der Waals surface area contributed by atoms with Crippen LogP contribution in [0.25, 0.3) is 0 Å². The lowest BCUT2D eigenvalue weighted by atomic mass is 10.1. The second-order valence-electron chi connectivity index (χ2n) is 4.71. The van der Waals surface area contributed by atoms with Gasteiger partial charge in [-0.3, -0.25) is 0 Å². The third kappa shape index (κ3) is 4.18. The molecular weight excluding hydrogens is 244 g/mol. The molecule has 5 heteroatoms. The predicted octanol–water partition coefficient (Wildman–Crippen LogP) is -0.0340. The van der Waals surface area contributed by atoms with Gasteiger partial charge in [0.1, 0.15) is 0 Å². The molecule has 5 nitrogen and oxygen atoms in total. The number of aliphatic hydroxyl groups is 2. The van der Waals surface area contributed by atoms with Crippen molar-refractivity contribution in [2.24, 2.45) is 0 Å². The molecule has 1 aliphatic rings. The first kappa shape index (κ1) is 14.3. The second kappa shape index (κ2) is 7.45. The number of aliphatic hydroxyl groups excluding tert-OH is 2. The molecule has 0 radical (unpaired) electrons. The standard InChI is InChI=1S/C14H22N2O3/c17-10-13(11-18)15-9-12-1-3-14(4-2-12)16-5-7-19-8-6-16/h1-4,13,15,17-18H,5-11H2. The van der Waals surface area contributed by atoms with Crippen LogP contribution < -0.4 is 10.2 Å². The van der Waals surface area contributed by atoms with Crippen molar-refractivity contribution in [3.8, 4) is 0 Å². The Morgan fingerprint density at radius 3 is 2.32 bits per heavy atom. The molecular formula is C14H22N2O3. The molecule has 0 spiro atoms. The number of hydrogen-bond donors (Lipinski definition) is 3. The first-order chi connectivity index (χ1) is 9.33. The zero-order chi connectivity index (χ0) is 13.5. The summed E-state index contributed by atoms with van der Waals surface area (Å²) in [6.45, 7) is 4.00. The van der Waals surface area contributed by atoms with Crippen LogP contribution in [0.2, 0.25) is 0 Å². The third-order valence-electron chi connectivity index (χ3n) is 3.35. The van der Waals surface area contributed by atoms with E-state index < -0.39 is 0 Å². The summed E-state index contributed by atoms with van der Waals surface area (Å²) in [5.74, 6) is 0. The zero-order valence-corrected chi connectivity index (χ0v) is 11.1. The van der Waals surface area contributed by atoms with Crippen molar-refractivity contribution in [1.29, 1.82) is 0 Å². The van der Waals surface area contributed by atoms with Crippen LogP contribution >= 0.6 is 0 Å². The largest absolute Gasteiger partial charge is 0.395 e. The molecule has 106 valence electrons. The van der Waals surface area contributed by atoms with E-state index in [4.69, 9.17) is 14.9 Å². The van der Waals surface area contributed by atoms with Gasteiger partial charge in [0.05, 0.1) is 32.5 Å². The van der Waals surface area contributed by atoms with Gasteiger partial charge >= 0.3 is 0 Å². The lowest BCUT2D eigenvalue weighted by Gasteiger charge is -2.29. The predicted molar refractivity (Wildman–Crippen MR) is 74.3 cm³/mol. The number of morpholine rings is 1. The van der Waals surface area contributed by atoms with E-state index >= 15 is 0 Å². The molecule has 0 aliphatic carbocycles. The van der Waals surface area contributed by atoms with Gasteiger partial charge in [-0.25, -0.2) is 0 Å². The van der Waals surface area contributed by atoms with E-state index in [0.29, 0.717) is 6.54 Å². The van der Waals surface area contributed by atoms with E-state index in [1.54, 1.807) is 0 Å². The van der Waals surface area contributed by atoms with Crippen molar-refractivity contribution < 1.29 is 14.9 Å². The Morgan fingerprint density at radius 2 is 1.74 bits per heavy atom. The van der Waals surface area contributed by atoms with Crippen molar-refractivity contribution in [2.75, 3.05) is 44.4 Å². The molecule has 1 aliphatic heterocycles. The van der Waals surface area contributed by atoms with E-state index in [1.807, 2.05) is 0 Å². The quantitative estimate of drug-likeness (QED) is 0.674. The normalized spacial score (nSPS) is 16.1. The minimum Gasteiger partial charge on any atom is -0.395 e. The fraction of sp³-hybridized carbons (Fsp3) is 0.571. The van der Waals surface area contributed by atoms with E-state index in [1.165, 1.54) is 5.69 Å². The van der Waals surface area contributed by atoms with Crippen LogP contribution in [-0.4, -0.2) is 55.8 Å². The molecule has 3 N–H and O–H groups in total. The minimum absolute atomic E-state index is 0.0532. The molecule has 1 fully saturated rings. The van der Waals surface area contributed by atoms with Crippen LogP contribution in [0, 0.1) is 0 Å². The molecule has 0 unspecified atom stereocenters. The van der Waals surface area contributed by atoms with Crippen LogP contribution in [-0.2, 0) is 11.3 Å². The monoisotopic (exact) mass is 266 g/mol. The number of hydrogen-bond acceptors (Lipinski definition) is 5. The summed E-state index contributed by atoms with van der Waals surface area (Å²) >= 11 is 0. The van der Waals surface area contributed by atoms with E-state index in [0.717, 1.165) is 31.9 Å². The zero-order valence-electron chi connectivity index (χ0n) is 11.1. The molecule has 1 aromatic carbocycles. The Bertz CT molecular complexity index is 359. The SMILES string of the molecule is OCC(CO)NCc1ccc(N2CCOCC2)cc1. The first-order valence-electron chi connectivity index (χ1n) is 6.70. The van der Waals surface area contributed by atoms with Crippen molar-refractivity contribution in [2.45, 2.75) is 12.6 Å². The van der Waals surface area contributed by atoms with Gasteiger partial charge in [-0.15, -0.1) is 0 Å². The molecule has 1 heterocycles. The second-order valence-corrected chi connectivity index (χ2v) is 4.71. The van der Waals surface area contributed by atoms with Crippen molar-refractivity contribution in [3.05, 3.63) is 29.8 Å². The van der Waals surface area contributed by atoms with Gasteiger partial charge in [-0.2, -0.15) is 0 Å². The van der Waals surface area contributed by atoms with E-state index in [9.17, 15) is 0 Å². The number of anilines is 1. The average molecular weight is 266 g/mol. The summed E-state index contributed by atoms with van der Waals surface area (Å²) in [5.41, 5.74) is 2.36. The summed E-state index contributed by atoms with van der Waals surface area (Å²) in [5, 5.41) is 21.1. The summed E-state index contributed by atoms with van der Waals surface area (Å²) in [6, 6.07) is 8.11. The van der Waals surface area contributed by atoms with Gasteiger partial charge in [0.2, 0.25) is 0 Å². The molecule has 0 bridgehead atoms. The maximum Gasteiger partial charge on any atom is 0.0642 e. The molecule has 19 heavy (non-hydrogen) atoms. The highest BCUT2D eigenvalue weighted by atomic mass is 16.5. The summed E-state index contributed by atoms with van der Waals surface area (Å²) < 4.78 is 5.34. The fourth-order valence-electron chi connectivity index (χ4n) is 2.10. The number of rotatable bonds is 6. The summed E-state index contributed by atoms with van der Waals surface area (Å²) in [7, 11) is 0. The summed E-state index contributed by atoms with van der Waals surface area (Å²) in [6.07, 6.45) is 0. The first-order valence-corrected chi connectivity index (χ1v) is 6.70. The highest BCUT2D eigenvalue weighted by Gasteiger charge is 2.11. The third-order valence-corrected chi connectivity index (χ3v) is 3.35. The van der Waals surface area contributed by atoms with Gasteiger partial charge < -0.3 is 25.2 Å². The number of nitrogens with one attached hydrogen (secondary N) is 1. The smallest absolute Gasteiger partial charge is 0.0642 e. The molecule has 2 rings (SSSR count).